The van der Waals surface area contributed by atoms with Crippen molar-refractivity contribution in [2.24, 2.45) is 0 Å². The van der Waals surface area contributed by atoms with Crippen molar-refractivity contribution >= 4 is 53.7 Å². The van der Waals surface area contributed by atoms with E-state index in [2.05, 4.69) is 25.2 Å². The minimum absolute atomic E-state index is 0.931. The molecule has 5 heteroatoms. The van der Waals surface area contributed by atoms with Crippen LogP contribution in [-0.2, 0) is 15.1 Å². The van der Waals surface area contributed by atoms with Crippen molar-refractivity contribution in [1.29, 1.82) is 0 Å². The second-order valence-corrected chi connectivity index (χ2v) is 3.75. The van der Waals surface area contributed by atoms with Gasteiger partial charge in [0, 0.05) is 0 Å². The second kappa shape index (κ2) is 15.9. The molecule has 0 fully saturated rings. The molecule has 0 saturated heterocycles. The summed E-state index contributed by atoms with van der Waals surface area (Å²) in [5, 5.41) is 0. The molecule has 0 aromatic carbocycles. The maximum absolute atomic E-state index is 4.95. The molecule has 5 heavy (non-hydrogen) atoms. The van der Waals surface area contributed by atoms with Crippen LogP contribution in [0.1, 0.15) is 0 Å². The fourth-order valence-electron chi connectivity index (χ4n) is 0. The summed E-state index contributed by atoms with van der Waals surface area (Å²) in [7, 11) is 4.39. The van der Waals surface area contributed by atoms with Gasteiger partial charge in [-0.05, 0) is 0 Å². The van der Waals surface area contributed by atoms with Crippen LogP contribution >= 0.6 is 22.9 Å². The number of halogens is 3. The fraction of sp³-hybridized carbons (Fsp3) is 0. The molecule has 0 aromatic rings. The van der Waals surface area contributed by atoms with E-state index in [4.69, 9.17) is 12.8 Å². The third-order valence-electron chi connectivity index (χ3n) is 0. The van der Waals surface area contributed by atoms with Crippen molar-refractivity contribution < 1.29 is 15.1 Å². The SMILES string of the molecule is [Cl][Ca][Cl].[Cl][Fe]. The van der Waals surface area contributed by atoms with E-state index in [1.165, 1.54) is 0 Å². The average Bonchev–Trinajstić information content (AvgIpc) is 1.46. The molecule has 0 radical (unpaired) electrons. The predicted octanol–water partition coefficient (Wildman–Crippen LogP) is 1.69. The molecule has 0 unspecified atom stereocenters. The van der Waals surface area contributed by atoms with Gasteiger partial charge in [0.2, 0.25) is 0 Å². The Morgan fingerprint density at radius 2 is 1.20 bits per heavy atom. The van der Waals surface area contributed by atoms with Crippen molar-refractivity contribution in [3.63, 3.8) is 0 Å². The van der Waals surface area contributed by atoms with Crippen LogP contribution in [0.5, 0.6) is 0 Å². The van der Waals surface area contributed by atoms with E-state index < -0.39 is 30.8 Å². The van der Waals surface area contributed by atoms with Gasteiger partial charge in [0.05, 0.1) is 0 Å². The van der Waals surface area contributed by atoms with Gasteiger partial charge in [0.15, 0.2) is 0 Å². The van der Waals surface area contributed by atoms with Crippen LogP contribution in [-0.4, -0.2) is 30.8 Å². The molecule has 0 atom stereocenters. The van der Waals surface area contributed by atoms with Crippen molar-refractivity contribution in [1.82, 2.24) is 0 Å². The van der Waals surface area contributed by atoms with Crippen LogP contribution in [0.4, 0.5) is 0 Å². The molecule has 0 amide bonds. The van der Waals surface area contributed by atoms with Crippen LogP contribution in [0.15, 0.2) is 0 Å². The molecule has 0 N–H and O–H groups in total. The molecular weight excluding hydrogens is 202 g/mol. The van der Waals surface area contributed by atoms with E-state index >= 15 is 0 Å². The fourth-order valence-corrected chi connectivity index (χ4v) is 0. The van der Waals surface area contributed by atoms with Crippen molar-refractivity contribution in [3.05, 3.63) is 0 Å². The first kappa shape index (κ1) is 10.6. The molecule has 31 valence electrons. The Bertz CT molecular complexity index is 6.85. The molecule has 0 spiro atoms. The first-order chi connectivity index (χ1) is 2.41. The summed E-state index contributed by atoms with van der Waals surface area (Å²) in [5.41, 5.74) is 0. The summed E-state index contributed by atoms with van der Waals surface area (Å²) >= 11 is 1.79. The molecule has 0 bridgehead atoms. The Morgan fingerprint density at radius 1 is 1.20 bits per heavy atom. The zero-order chi connectivity index (χ0) is 4.71. The van der Waals surface area contributed by atoms with Crippen molar-refractivity contribution in [3.8, 4) is 0 Å². The van der Waals surface area contributed by atoms with Crippen LogP contribution in [0.3, 0.4) is 0 Å². The van der Waals surface area contributed by atoms with Crippen LogP contribution < -0.4 is 0 Å². The van der Waals surface area contributed by atoms with Crippen LogP contribution in [0.25, 0.3) is 0 Å². The Balaban J connectivity index is 0. The normalized spacial score (nSPS) is 3.20. The van der Waals surface area contributed by atoms with E-state index in [9.17, 15) is 0 Å². The molecule has 0 heterocycles. The maximum atomic E-state index is 4.95. The van der Waals surface area contributed by atoms with Gasteiger partial charge in [-0.2, -0.15) is 0 Å². The van der Waals surface area contributed by atoms with E-state index in [1.54, 1.807) is 0 Å². The monoisotopic (exact) mass is 201 g/mol. The topological polar surface area (TPSA) is 0 Å². The third-order valence-corrected chi connectivity index (χ3v) is 0. The third kappa shape index (κ3) is 20.5. The molecule has 0 aromatic heterocycles. The molecule has 0 rings (SSSR count). The Hall–Kier alpha value is 2.65. The molecule has 0 saturated carbocycles. The molecule has 0 aliphatic heterocycles. The van der Waals surface area contributed by atoms with E-state index in [1.807, 2.05) is 0 Å². The second-order valence-electron chi connectivity index (χ2n) is 0.101. The molecule has 0 aliphatic rings. The number of hydrogen-bond acceptors (Lipinski definition) is 0. The zero-order valence-electron chi connectivity index (χ0n) is 2.19. The van der Waals surface area contributed by atoms with Gasteiger partial charge in [0.25, 0.3) is 0 Å². The minimum atomic E-state index is -0.931. The molecule has 0 aliphatic carbocycles. The molecule has 0 nitrogen and oxygen atoms in total. The summed E-state index contributed by atoms with van der Waals surface area (Å²) in [5.74, 6) is 0. The van der Waals surface area contributed by atoms with Crippen LogP contribution in [0.2, 0.25) is 0 Å². The average molecular weight is 202 g/mol. The van der Waals surface area contributed by atoms with E-state index in [0.29, 0.717) is 0 Å². The zero-order valence-corrected chi connectivity index (χ0v) is 7.77. The van der Waals surface area contributed by atoms with E-state index in [0.717, 1.165) is 0 Å². The van der Waals surface area contributed by atoms with Gasteiger partial charge in [-0.1, -0.05) is 0 Å². The van der Waals surface area contributed by atoms with E-state index in [-0.39, 0.29) is 0 Å². The quantitative estimate of drug-likeness (QED) is 0.524. The van der Waals surface area contributed by atoms with Crippen molar-refractivity contribution in [2.45, 2.75) is 0 Å². The Kier molecular flexibility index (Phi) is 33.8. The Labute approximate surface area is 67.3 Å². The van der Waals surface area contributed by atoms with Gasteiger partial charge in [-0.15, -0.1) is 0 Å². The number of rotatable bonds is 0. The summed E-state index contributed by atoms with van der Waals surface area (Å²) in [6, 6.07) is 0. The van der Waals surface area contributed by atoms with Crippen molar-refractivity contribution in [2.75, 3.05) is 0 Å². The summed E-state index contributed by atoms with van der Waals surface area (Å²) in [6.07, 6.45) is 9.90. The van der Waals surface area contributed by atoms with Gasteiger partial charge >= 0.3 is 68.8 Å². The first-order valence-electron chi connectivity index (χ1n) is 0.668. The first-order valence-corrected chi connectivity index (χ1v) is 8.26. The van der Waals surface area contributed by atoms with Crippen LogP contribution in [0, 0.1) is 0 Å². The van der Waals surface area contributed by atoms with Gasteiger partial charge < -0.3 is 0 Å². The standard InChI is InChI=1S/Ca.3ClH.Fe/h;3*1H;/q+2;;;;+1/p-3. The Morgan fingerprint density at radius 3 is 1.20 bits per heavy atom. The summed E-state index contributed by atoms with van der Waals surface area (Å²) in [6.45, 7) is 0. The summed E-state index contributed by atoms with van der Waals surface area (Å²) < 4.78 is 0. The van der Waals surface area contributed by atoms with Gasteiger partial charge in [-0.25, -0.2) is 0 Å². The summed E-state index contributed by atoms with van der Waals surface area (Å²) in [4.78, 5) is 0. The number of hydrogen-bond donors (Lipinski definition) is 0. The van der Waals surface area contributed by atoms with Gasteiger partial charge in [0.1, 0.15) is 0 Å². The van der Waals surface area contributed by atoms with Gasteiger partial charge in [-0.3, -0.25) is 0 Å². The molecular formula is CaCl3Fe. The predicted molar refractivity (Wildman–Crippen MR) is 23.3 cm³/mol.